The Balaban J connectivity index is 1.77. The zero-order valence-electron chi connectivity index (χ0n) is 10.5. The number of thiazole rings is 1. The summed E-state index contributed by atoms with van der Waals surface area (Å²) < 4.78 is 0. The quantitative estimate of drug-likeness (QED) is 0.800. The van der Waals surface area contributed by atoms with Crippen LogP contribution in [-0.2, 0) is 0 Å². The summed E-state index contributed by atoms with van der Waals surface area (Å²) in [4.78, 5) is 21.2. The van der Waals surface area contributed by atoms with Crippen LogP contribution in [0.5, 0.6) is 0 Å². The van der Waals surface area contributed by atoms with Crippen LogP contribution in [0, 0.1) is 0 Å². The van der Waals surface area contributed by atoms with Crippen molar-refractivity contribution in [2.45, 2.75) is 0 Å². The number of carbonyl (C=O) groups is 1. The Morgan fingerprint density at radius 3 is 2.55 bits per heavy atom. The Morgan fingerprint density at radius 2 is 1.80 bits per heavy atom. The fraction of sp³-hybridized carbons (Fsp3) is 0. The molecule has 3 aromatic rings. The molecule has 0 radical (unpaired) electrons. The molecule has 0 saturated heterocycles. The van der Waals surface area contributed by atoms with Crippen LogP contribution in [0.3, 0.4) is 0 Å². The van der Waals surface area contributed by atoms with Crippen molar-refractivity contribution < 1.29 is 4.79 Å². The second-order valence-corrected chi connectivity index (χ2v) is 5.10. The molecule has 0 atom stereocenters. The van der Waals surface area contributed by atoms with Crippen molar-refractivity contribution in [2.24, 2.45) is 0 Å². The molecular formula is C15H11N3OS. The molecule has 0 aliphatic heterocycles. The standard InChI is InChI=1S/C15H11N3OS/c19-14(12-8-4-5-9-16-12)18-15-17-10-13(20-15)11-6-2-1-3-7-11/h1-10H,(H,17,18,19). The molecule has 0 unspecified atom stereocenters. The number of benzene rings is 1. The molecule has 4 nitrogen and oxygen atoms in total. The Bertz CT molecular complexity index is 710. The van der Waals surface area contributed by atoms with E-state index in [9.17, 15) is 4.79 Å². The lowest BCUT2D eigenvalue weighted by Gasteiger charge is -1.99. The van der Waals surface area contributed by atoms with Gasteiger partial charge in [-0.2, -0.15) is 0 Å². The SMILES string of the molecule is O=C(Nc1ncc(-c2ccccc2)s1)c1ccccn1. The Kier molecular flexibility index (Phi) is 3.52. The second-order valence-electron chi connectivity index (χ2n) is 4.06. The second kappa shape index (κ2) is 5.63. The number of aromatic nitrogens is 2. The van der Waals surface area contributed by atoms with Crippen molar-refractivity contribution in [3.8, 4) is 10.4 Å². The van der Waals surface area contributed by atoms with Crippen molar-refractivity contribution in [2.75, 3.05) is 5.32 Å². The Hall–Kier alpha value is -2.53. The highest BCUT2D eigenvalue weighted by atomic mass is 32.1. The summed E-state index contributed by atoms with van der Waals surface area (Å²) in [6, 6.07) is 15.2. The van der Waals surface area contributed by atoms with Crippen LogP contribution < -0.4 is 5.32 Å². The normalized spacial score (nSPS) is 10.2. The minimum absolute atomic E-state index is 0.250. The van der Waals surface area contributed by atoms with E-state index in [-0.39, 0.29) is 5.91 Å². The number of nitrogens with one attached hydrogen (secondary N) is 1. The van der Waals surface area contributed by atoms with Gasteiger partial charge in [0.25, 0.3) is 5.91 Å². The fourth-order valence-corrected chi connectivity index (χ4v) is 2.54. The molecule has 0 fully saturated rings. The zero-order chi connectivity index (χ0) is 13.8. The molecule has 1 amide bonds. The van der Waals surface area contributed by atoms with E-state index in [1.54, 1.807) is 30.6 Å². The van der Waals surface area contributed by atoms with E-state index in [2.05, 4.69) is 15.3 Å². The third-order valence-electron chi connectivity index (χ3n) is 2.68. The van der Waals surface area contributed by atoms with Gasteiger partial charge in [0, 0.05) is 12.4 Å². The van der Waals surface area contributed by atoms with E-state index in [1.165, 1.54) is 11.3 Å². The van der Waals surface area contributed by atoms with E-state index in [0.29, 0.717) is 10.8 Å². The maximum atomic E-state index is 12.0. The Labute approximate surface area is 120 Å². The van der Waals surface area contributed by atoms with Gasteiger partial charge in [-0.15, -0.1) is 0 Å². The fourth-order valence-electron chi connectivity index (χ4n) is 1.73. The molecule has 0 spiro atoms. The lowest BCUT2D eigenvalue weighted by molar-refractivity contribution is 0.102. The van der Waals surface area contributed by atoms with Crippen molar-refractivity contribution in [3.63, 3.8) is 0 Å². The third-order valence-corrected chi connectivity index (χ3v) is 3.64. The number of hydrogen-bond donors (Lipinski definition) is 1. The van der Waals surface area contributed by atoms with Crippen LogP contribution in [0.15, 0.2) is 60.9 Å². The molecule has 20 heavy (non-hydrogen) atoms. The van der Waals surface area contributed by atoms with Crippen molar-refractivity contribution >= 4 is 22.4 Å². The van der Waals surface area contributed by atoms with E-state index in [0.717, 1.165) is 10.4 Å². The molecule has 3 rings (SSSR count). The summed E-state index contributed by atoms with van der Waals surface area (Å²) in [5, 5.41) is 3.32. The highest BCUT2D eigenvalue weighted by Crippen LogP contribution is 2.28. The molecule has 0 saturated carbocycles. The number of nitrogens with zero attached hydrogens (tertiary/aromatic N) is 2. The Morgan fingerprint density at radius 1 is 1.00 bits per heavy atom. The number of hydrogen-bond acceptors (Lipinski definition) is 4. The van der Waals surface area contributed by atoms with Gasteiger partial charge in [-0.25, -0.2) is 4.98 Å². The topological polar surface area (TPSA) is 54.9 Å². The van der Waals surface area contributed by atoms with E-state index in [4.69, 9.17) is 0 Å². The number of rotatable bonds is 3. The van der Waals surface area contributed by atoms with Gasteiger partial charge >= 0.3 is 0 Å². The molecule has 98 valence electrons. The molecule has 1 N–H and O–H groups in total. The van der Waals surface area contributed by atoms with Crippen LogP contribution in [-0.4, -0.2) is 15.9 Å². The summed E-state index contributed by atoms with van der Waals surface area (Å²) in [5.41, 5.74) is 1.47. The maximum Gasteiger partial charge on any atom is 0.276 e. The van der Waals surface area contributed by atoms with E-state index < -0.39 is 0 Å². The van der Waals surface area contributed by atoms with E-state index in [1.807, 2.05) is 30.3 Å². The van der Waals surface area contributed by atoms with Crippen molar-refractivity contribution in [1.29, 1.82) is 0 Å². The summed E-state index contributed by atoms with van der Waals surface area (Å²) >= 11 is 1.44. The van der Waals surface area contributed by atoms with Crippen LogP contribution in [0.4, 0.5) is 5.13 Å². The first-order valence-electron chi connectivity index (χ1n) is 6.06. The number of anilines is 1. The number of carbonyl (C=O) groups excluding carboxylic acids is 1. The van der Waals surface area contributed by atoms with Crippen LogP contribution in [0.1, 0.15) is 10.5 Å². The van der Waals surface area contributed by atoms with Gasteiger partial charge in [0.15, 0.2) is 5.13 Å². The van der Waals surface area contributed by atoms with Crippen LogP contribution in [0.25, 0.3) is 10.4 Å². The first-order chi connectivity index (χ1) is 9.83. The highest BCUT2D eigenvalue weighted by Gasteiger charge is 2.10. The number of amides is 1. The predicted molar refractivity (Wildman–Crippen MR) is 79.7 cm³/mol. The lowest BCUT2D eigenvalue weighted by Crippen LogP contribution is -2.12. The van der Waals surface area contributed by atoms with Gasteiger partial charge in [0.1, 0.15) is 5.69 Å². The first kappa shape index (κ1) is 12.5. The van der Waals surface area contributed by atoms with Crippen molar-refractivity contribution in [3.05, 3.63) is 66.6 Å². The zero-order valence-corrected chi connectivity index (χ0v) is 11.3. The molecule has 1 aromatic carbocycles. The predicted octanol–water partition coefficient (Wildman–Crippen LogP) is 3.46. The lowest BCUT2D eigenvalue weighted by atomic mass is 10.2. The van der Waals surface area contributed by atoms with E-state index >= 15 is 0 Å². The smallest absolute Gasteiger partial charge is 0.276 e. The monoisotopic (exact) mass is 281 g/mol. The molecule has 0 aliphatic rings. The van der Waals surface area contributed by atoms with Crippen molar-refractivity contribution in [1.82, 2.24) is 9.97 Å². The van der Waals surface area contributed by atoms with Crippen LogP contribution in [0.2, 0.25) is 0 Å². The average Bonchev–Trinajstić information content (AvgIpc) is 2.97. The van der Waals surface area contributed by atoms with Gasteiger partial charge in [-0.1, -0.05) is 47.7 Å². The third kappa shape index (κ3) is 2.73. The minimum Gasteiger partial charge on any atom is -0.296 e. The van der Waals surface area contributed by atoms with Gasteiger partial charge in [-0.05, 0) is 17.7 Å². The average molecular weight is 281 g/mol. The maximum absolute atomic E-state index is 12.0. The summed E-state index contributed by atoms with van der Waals surface area (Å²) in [6.07, 6.45) is 3.35. The largest absolute Gasteiger partial charge is 0.296 e. The van der Waals surface area contributed by atoms with Gasteiger partial charge in [0.05, 0.1) is 4.88 Å². The molecule has 2 aromatic heterocycles. The number of pyridine rings is 1. The summed E-state index contributed by atoms with van der Waals surface area (Å²) in [7, 11) is 0. The molecule has 0 bridgehead atoms. The molecule has 0 aliphatic carbocycles. The highest BCUT2D eigenvalue weighted by molar-refractivity contribution is 7.19. The van der Waals surface area contributed by atoms with Gasteiger partial charge in [0.2, 0.25) is 0 Å². The molecular weight excluding hydrogens is 270 g/mol. The summed E-state index contributed by atoms with van der Waals surface area (Å²) in [5.74, 6) is -0.250. The first-order valence-corrected chi connectivity index (χ1v) is 6.88. The van der Waals surface area contributed by atoms with Crippen LogP contribution >= 0.6 is 11.3 Å². The summed E-state index contributed by atoms with van der Waals surface area (Å²) in [6.45, 7) is 0. The van der Waals surface area contributed by atoms with Gasteiger partial charge < -0.3 is 0 Å². The molecule has 5 heteroatoms. The minimum atomic E-state index is -0.250. The van der Waals surface area contributed by atoms with Gasteiger partial charge in [-0.3, -0.25) is 15.1 Å². The molecule has 2 heterocycles.